The SMILES string of the molecule is NS(=O)(=O)c1ncccn1.[Na]. The van der Waals surface area contributed by atoms with Gasteiger partial charge in [0, 0.05) is 42.0 Å². The molecule has 0 saturated heterocycles. The largest absolute Gasteiger partial charge is 0.273 e. The summed E-state index contributed by atoms with van der Waals surface area (Å²) in [6, 6.07) is 1.51. The van der Waals surface area contributed by atoms with Gasteiger partial charge in [0.2, 0.25) is 0 Å². The second-order valence-electron chi connectivity index (χ2n) is 1.58. The number of nitrogens with two attached hydrogens (primary N) is 1. The summed E-state index contributed by atoms with van der Waals surface area (Å²) in [6.45, 7) is 0. The first-order valence-corrected chi connectivity index (χ1v) is 3.95. The Morgan fingerprint density at radius 2 is 1.73 bits per heavy atom. The molecule has 0 aliphatic rings. The summed E-state index contributed by atoms with van der Waals surface area (Å²) in [5.41, 5.74) is 0. The second kappa shape index (κ2) is 4.13. The maximum atomic E-state index is 10.5. The Morgan fingerprint density at radius 3 is 2.00 bits per heavy atom. The molecule has 0 saturated carbocycles. The van der Waals surface area contributed by atoms with Crippen LogP contribution in [-0.4, -0.2) is 47.9 Å². The van der Waals surface area contributed by atoms with Gasteiger partial charge in [0.1, 0.15) is 0 Å². The van der Waals surface area contributed by atoms with Crippen molar-refractivity contribution in [3.8, 4) is 0 Å². The molecule has 55 valence electrons. The van der Waals surface area contributed by atoms with E-state index in [1.807, 2.05) is 0 Å². The minimum Gasteiger partial charge on any atom is -0.226 e. The van der Waals surface area contributed by atoms with Crippen LogP contribution in [0, 0.1) is 0 Å². The smallest absolute Gasteiger partial charge is 0.226 e. The monoisotopic (exact) mass is 182 g/mol. The Morgan fingerprint density at radius 1 is 1.27 bits per heavy atom. The van der Waals surface area contributed by atoms with E-state index in [1.165, 1.54) is 18.5 Å². The first kappa shape index (κ1) is 11.0. The number of rotatable bonds is 1. The molecule has 11 heavy (non-hydrogen) atoms. The van der Waals surface area contributed by atoms with Crippen molar-refractivity contribution in [1.82, 2.24) is 9.97 Å². The van der Waals surface area contributed by atoms with Crippen molar-refractivity contribution in [1.29, 1.82) is 0 Å². The van der Waals surface area contributed by atoms with Gasteiger partial charge in [-0.15, -0.1) is 0 Å². The second-order valence-corrected chi connectivity index (χ2v) is 3.03. The molecule has 0 aliphatic carbocycles. The molecule has 0 bridgehead atoms. The number of aromatic nitrogens is 2. The predicted octanol–water partition coefficient (Wildman–Crippen LogP) is -1.26. The minimum absolute atomic E-state index is 0. The van der Waals surface area contributed by atoms with Crippen molar-refractivity contribution in [3.05, 3.63) is 18.5 Å². The van der Waals surface area contributed by atoms with Crippen LogP contribution in [0.3, 0.4) is 0 Å². The zero-order valence-electron chi connectivity index (χ0n) is 5.93. The fraction of sp³-hybridized carbons (Fsp3) is 0. The van der Waals surface area contributed by atoms with Crippen molar-refractivity contribution < 1.29 is 8.42 Å². The summed E-state index contributed by atoms with van der Waals surface area (Å²) >= 11 is 0. The summed E-state index contributed by atoms with van der Waals surface area (Å²) in [4.78, 5) is 6.85. The maximum absolute atomic E-state index is 10.5. The Balaban J connectivity index is 0.000001000. The molecule has 0 aromatic carbocycles. The Kier molecular flexibility index (Phi) is 4.12. The van der Waals surface area contributed by atoms with E-state index in [1.54, 1.807) is 0 Å². The van der Waals surface area contributed by atoms with E-state index in [-0.39, 0.29) is 34.7 Å². The molecule has 5 nitrogen and oxygen atoms in total. The van der Waals surface area contributed by atoms with Gasteiger partial charge in [-0.2, -0.15) is 0 Å². The maximum Gasteiger partial charge on any atom is 0.273 e. The van der Waals surface area contributed by atoms with Crippen molar-refractivity contribution in [2.24, 2.45) is 5.14 Å². The van der Waals surface area contributed by atoms with E-state index in [0.717, 1.165) is 0 Å². The number of nitrogens with zero attached hydrogens (tertiary/aromatic N) is 2. The molecule has 0 amide bonds. The van der Waals surface area contributed by atoms with Crippen molar-refractivity contribution in [3.63, 3.8) is 0 Å². The molecule has 1 aromatic heterocycles. The number of hydrogen-bond acceptors (Lipinski definition) is 4. The van der Waals surface area contributed by atoms with Crippen molar-refractivity contribution in [2.45, 2.75) is 5.16 Å². The molecule has 0 fully saturated rings. The molecule has 1 rings (SSSR count). The van der Waals surface area contributed by atoms with Gasteiger partial charge < -0.3 is 0 Å². The van der Waals surface area contributed by atoms with Gasteiger partial charge in [0.15, 0.2) is 0 Å². The third kappa shape index (κ3) is 3.26. The first-order valence-electron chi connectivity index (χ1n) is 2.40. The van der Waals surface area contributed by atoms with E-state index < -0.39 is 10.0 Å². The molecule has 1 radical (unpaired) electrons. The Labute approximate surface area is 86.4 Å². The fourth-order valence-electron chi connectivity index (χ4n) is 0.432. The molecule has 0 aliphatic heterocycles. The summed E-state index contributed by atoms with van der Waals surface area (Å²) in [5.74, 6) is 0. The molecule has 1 heterocycles. The molecule has 0 unspecified atom stereocenters. The van der Waals surface area contributed by atoms with Gasteiger partial charge in [-0.05, 0) is 6.07 Å². The number of hydrogen-bond donors (Lipinski definition) is 1. The van der Waals surface area contributed by atoms with Gasteiger partial charge in [0.25, 0.3) is 15.2 Å². The standard InChI is InChI=1S/C4H5N3O2S.Na/c5-10(8,9)4-6-2-1-3-7-4;/h1-3H,(H2,5,8,9);. The average Bonchev–Trinajstić information content (AvgIpc) is 1.88. The summed E-state index contributed by atoms with van der Waals surface area (Å²) in [6.07, 6.45) is 2.62. The fourth-order valence-corrected chi connectivity index (χ4v) is 0.848. The predicted molar refractivity (Wildman–Crippen MR) is 39.2 cm³/mol. The summed E-state index contributed by atoms with van der Waals surface area (Å²) < 4.78 is 21.0. The molecule has 1 aromatic rings. The molecule has 0 atom stereocenters. The number of sulfonamides is 1. The quantitative estimate of drug-likeness (QED) is 0.434. The van der Waals surface area contributed by atoms with Crippen molar-refractivity contribution >= 4 is 39.6 Å². The van der Waals surface area contributed by atoms with E-state index in [0.29, 0.717) is 0 Å². The molecule has 7 heteroatoms. The average molecular weight is 182 g/mol. The van der Waals surface area contributed by atoms with Crippen LogP contribution in [0.15, 0.2) is 23.6 Å². The normalized spacial score (nSPS) is 10.3. The third-order valence-corrected chi connectivity index (χ3v) is 1.52. The van der Waals surface area contributed by atoms with Crippen LogP contribution in [0.2, 0.25) is 0 Å². The van der Waals surface area contributed by atoms with E-state index >= 15 is 0 Å². The Bertz CT molecular complexity index is 311. The van der Waals surface area contributed by atoms with Crippen LogP contribution >= 0.6 is 0 Å². The Hall–Kier alpha value is -0.0100. The molecular weight excluding hydrogens is 177 g/mol. The zero-order chi connectivity index (χ0) is 7.61. The van der Waals surface area contributed by atoms with Gasteiger partial charge in [-0.1, -0.05) is 0 Å². The van der Waals surface area contributed by atoms with Crippen LogP contribution in [0.5, 0.6) is 0 Å². The molecular formula is C4H5N3NaO2S. The van der Waals surface area contributed by atoms with E-state index in [4.69, 9.17) is 5.14 Å². The van der Waals surface area contributed by atoms with Gasteiger partial charge in [-0.3, -0.25) is 0 Å². The molecule has 0 spiro atoms. The van der Waals surface area contributed by atoms with Gasteiger partial charge >= 0.3 is 0 Å². The van der Waals surface area contributed by atoms with Crippen LogP contribution < -0.4 is 5.14 Å². The van der Waals surface area contributed by atoms with E-state index in [2.05, 4.69) is 9.97 Å². The van der Waals surface area contributed by atoms with Gasteiger partial charge in [0.05, 0.1) is 0 Å². The summed E-state index contributed by atoms with van der Waals surface area (Å²) in [5, 5.41) is 4.35. The molecule has 2 N–H and O–H groups in total. The van der Waals surface area contributed by atoms with E-state index in [9.17, 15) is 8.42 Å². The zero-order valence-corrected chi connectivity index (χ0v) is 8.75. The van der Waals surface area contributed by atoms with Crippen molar-refractivity contribution in [2.75, 3.05) is 0 Å². The van der Waals surface area contributed by atoms with Gasteiger partial charge in [-0.25, -0.2) is 23.5 Å². The third-order valence-electron chi connectivity index (χ3n) is 0.797. The summed E-state index contributed by atoms with van der Waals surface area (Å²) in [7, 11) is -3.73. The van der Waals surface area contributed by atoms with Crippen LogP contribution in [0.1, 0.15) is 0 Å². The van der Waals surface area contributed by atoms with Crippen LogP contribution in [0.25, 0.3) is 0 Å². The topological polar surface area (TPSA) is 85.9 Å². The van der Waals surface area contributed by atoms with Crippen LogP contribution in [-0.2, 0) is 10.0 Å². The first-order chi connectivity index (χ1) is 4.61. The minimum atomic E-state index is -3.73. The van der Waals surface area contributed by atoms with Crippen LogP contribution in [0.4, 0.5) is 0 Å². The number of primary sulfonamides is 1.